The Morgan fingerprint density at radius 1 is 1.30 bits per heavy atom. The zero-order chi connectivity index (χ0) is 16.4. The van der Waals surface area contributed by atoms with Crippen molar-refractivity contribution in [2.45, 2.75) is 25.8 Å². The first kappa shape index (κ1) is 17.0. The SMILES string of the molecule is Cn1ccnc1CC1CCCN(Cc2cc(Br)c(O)c(Br)c2)C1. The summed E-state index contributed by atoms with van der Waals surface area (Å²) in [5, 5.41) is 9.83. The first-order chi connectivity index (χ1) is 11.0. The lowest BCUT2D eigenvalue weighted by Crippen LogP contribution is -2.36. The van der Waals surface area contributed by atoms with Gasteiger partial charge in [-0.3, -0.25) is 4.90 Å². The number of nitrogens with zero attached hydrogens (tertiary/aromatic N) is 3. The molecule has 1 atom stereocenters. The van der Waals surface area contributed by atoms with E-state index in [-0.39, 0.29) is 5.75 Å². The molecule has 124 valence electrons. The molecular weight excluding hydrogens is 422 g/mol. The van der Waals surface area contributed by atoms with Crippen molar-refractivity contribution >= 4 is 31.9 Å². The minimum absolute atomic E-state index is 0.264. The molecule has 1 aromatic heterocycles. The van der Waals surface area contributed by atoms with Gasteiger partial charge in [0.25, 0.3) is 0 Å². The van der Waals surface area contributed by atoms with E-state index < -0.39 is 0 Å². The van der Waals surface area contributed by atoms with Crippen LogP contribution in [0.1, 0.15) is 24.2 Å². The van der Waals surface area contributed by atoms with Crippen LogP contribution in [0, 0.1) is 5.92 Å². The number of hydrogen-bond acceptors (Lipinski definition) is 3. The number of aryl methyl sites for hydroxylation is 1. The third kappa shape index (κ3) is 4.17. The molecule has 1 N–H and O–H groups in total. The van der Waals surface area contributed by atoms with Crippen LogP contribution in [0.5, 0.6) is 5.75 Å². The Morgan fingerprint density at radius 2 is 2.04 bits per heavy atom. The summed E-state index contributed by atoms with van der Waals surface area (Å²) in [6.07, 6.45) is 7.44. The third-order valence-electron chi connectivity index (χ3n) is 4.48. The molecule has 1 unspecified atom stereocenters. The molecule has 0 bridgehead atoms. The number of imidazole rings is 1. The predicted octanol–water partition coefficient (Wildman–Crippen LogP) is 4.11. The van der Waals surface area contributed by atoms with Crippen LogP contribution in [0.2, 0.25) is 0 Å². The van der Waals surface area contributed by atoms with Gasteiger partial charge in [0.1, 0.15) is 11.6 Å². The highest BCUT2D eigenvalue weighted by Crippen LogP contribution is 2.34. The van der Waals surface area contributed by atoms with Crippen LogP contribution >= 0.6 is 31.9 Å². The maximum atomic E-state index is 9.83. The summed E-state index contributed by atoms with van der Waals surface area (Å²) < 4.78 is 3.60. The molecular formula is C17H21Br2N3O. The molecule has 1 aliphatic heterocycles. The second-order valence-electron chi connectivity index (χ2n) is 6.31. The molecule has 1 fully saturated rings. The maximum absolute atomic E-state index is 9.83. The monoisotopic (exact) mass is 441 g/mol. The molecule has 1 saturated heterocycles. The zero-order valence-corrected chi connectivity index (χ0v) is 16.3. The average molecular weight is 443 g/mol. The lowest BCUT2D eigenvalue weighted by molar-refractivity contribution is 0.165. The Balaban J connectivity index is 1.64. The van der Waals surface area contributed by atoms with Crippen LogP contribution in [0.4, 0.5) is 0 Å². The summed E-state index contributed by atoms with van der Waals surface area (Å²) >= 11 is 6.82. The fourth-order valence-corrected chi connectivity index (χ4v) is 4.56. The number of piperidine rings is 1. The molecule has 1 aromatic carbocycles. The standard InChI is InChI=1S/C17H21Br2N3O/c1-21-6-4-20-16(21)9-12-3-2-5-22(10-12)11-13-7-14(18)17(23)15(19)8-13/h4,6-8,12,23H,2-3,5,9-11H2,1H3. The number of rotatable bonds is 4. The van der Waals surface area contributed by atoms with Crippen molar-refractivity contribution in [1.82, 2.24) is 14.5 Å². The summed E-state index contributed by atoms with van der Waals surface area (Å²) in [6.45, 7) is 3.14. The Bertz CT molecular complexity index is 663. The summed E-state index contributed by atoms with van der Waals surface area (Å²) in [5.74, 6) is 2.10. The third-order valence-corrected chi connectivity index (χ3v) is 5.69. The van der Waals surface area contributed by atoms with Gasteiger partial charge in [0.2, 0.25) is 0 Å². The van der Waals surface area contributed by atoms with Crippen LogP contribution in [-0.2, 0) is 20.0 Å². The van der Waals surface area contributed by atoms with E-state index in [0.29, 0.717) is 5.92 Å². The molecule has 3 rings (SSSR count). The molecule has 0 amide bonds. The molecule has 0 radical (unpaired) electrons. The lowest BCUT2D eigenvalue weighted by Gasteiger charge is -2.32. The molecule has 0 spiro atoms. The fraction of sp³-hybridized carbons (Fsp3) is 0.471. The van der Waals surface area contributed by atoms with Gasteiger partial charge in [0.05, 0.1) is 8.95 Å². The van der Waals surface area contributed by atoms with Crippen LogP contribution in [-0.4, -0.2) is 32.6 Å². The Labute approximate surface area is 153 Å². The first-order valence-electron chi connectivity index (χ1n) is 7.88. The number of phenolic OH excluding ortho intramolecular Hbond substituents is 1. The highest BCUT2D eigenvalue weighted by Gasteiger charge is 2.22. The Morgan fingerprint density at radius 3 is 2.70 bits per heavy atom. The van der Waals surface area contributed by atoms with E-state index in [1.165, 1.54) is 24.2 Å². The summed E-state index contributed by atoms with van der Waals surface area (Å²) in [6, 6.07) is 4.00. The van der Waals surface area contributed by atoms with Crippen molar-refractivity contribution in [1.29, 1.82) is 0 Å². The van der Waals surface area contributed by atoms with E-state index in [0.717, 1.165) is 35.0 Å². The molecule has 1 aliphatic rings. The second-order valence-corrected chi connectivity index (χ2v) is 8.02. The highest BCUT2D eigenvalue weighted by molar-refractivity contribution is 9.11. The molecule has 4 nitrogen and oxygen atoms in total. The predicted molar refractivity (Wildman–Crippen MR) is 98.4 cm³/mol. The van der Waals surface area contributed by atoms with Crippen molar-refractivity contribution in [2.75, 3.05) is 13.1 Å². The Kier molecular flexibility index (Phi) is 5.44. The fourth-order valence-electron chi connectivity index (χ4n) is 3.28. The van der Waals surface area contributed by atoms with Gasteiger partial charge in [-0.05, 0) is 74.9 Å². The molecule has 0 aliphatic carbocycles. The highest BCUT2D eigenvalue weighted by atomic mass is 79.9. The van der Waals surface area contributed by atoms with Crippen molar-refractivity contribution in [3.63, 3.8) is 0 Å². The van der Waals surface area contributed by atoms with Gasteiger partial charge >= 0.3 is 0 Å². The number of aromatic nitrogens is 2. The van der Waals surface area contributed by atoms with E-state index >= 15 is 0 Å². The van der Waals surface area contributed by atoms with Crippen molar-refractivity contribution in [2.24, 2.45) is 13.0 Å². The van der Waals surface area contributed by atoms with Crippen molar-refractivity contribution in [3.8, 4) is 5.75 Å². The van der Waals surface area contributed by atoms with Gasteiger partial charge in [-0.15, -0.1) is 0 Å². The molecule has 6 heteroatoms. The number of phenols is 1. The van der Waals surface area contributed by atoms with E-state index in [9.17, 15) is 5.11 Å². The van der Waals surface area contributed by atoms with E-state index in [1.807, 2.05) is 24.5 Å². The number of likely N-dealkylation sites (tertiary alicyclic amines) is 1. The first-order valence-corrected chi connectivity index (χ1v) is 9.47. The van der Waals surface area contributed by atoms with Crippen LogP contribution in [0.15, 0.2) is 33.5 Å². The van der Waals surface area contributed by atoms with Gasteiger partial charge in [0.15, 0.2) is 0 Å². The van der Waals surface area contributed by atoms with E-state index in [4.69, 9.17) is 0 Å². The maximum Gasteiger partial charge on any atom is 0.143 e. The normalized spacial score (nSPS) is 19.2. The minimum Gasteiger partial charge on any atom is -0.506 e. The smallest absolute Gasteiger partial charge is 0.143 e. The van der Waals surface area contributed by atoms with Gasteiger partial charge in [-0.1, -0.05) is 0 Å². The van der Waals surface area contributed by atoms with Crippen LogP contribution in [0.3, 0.4) is 0 Å². The molecule has 0 saturated carbocycles. The Hall–Kier alpha value is -0.850. The van der Waals surface area contributed by atoms with Gasteiger partial charge in [0, 0.05) is 39.0 Å². The quantitative estimate of drug-likeness (QED) is 0.774. The summed E-state index contributed by atoms with van der Waals surface area (Å²) in [7, 11) is 2.06. The molecule has 23 heavy (non-hydrogen) atoms. The second kappa shape index (κ2) is 7.36. The summed E-state index contributed by atoms with van der Waals surface area (Å²) in [5.41, 5.74) is 1.21. The van der Waals surface area contributed by atoms with E-state index in [1.54, 1.807) is 0 Å². The number of halogens is 2. The van der Waals surface area contributed by atoms with E-state index in [2.05, 4.69) is 53.4 Å². The van der Waals surface area contributed by atoms with Crippen molar-refractivity contribution < 1.29 is 5.11 Å². The largest absolute Gasteiger partial charge is 0.506 e. The average Bonchev–Trinajstić information content (AvgIpc) is 2.90. The van der Waals surface area contributed by atoms with Crippen molar-refractivity contribution in [3.05, 3.63) is 44.9 Å². The molecule has 2 aromatic rings. The van der Waals surface area contributed by atoms with Gasteiger partial charge in [-0.25, -0.2) is 4.98 Å². The van der Waals surface area contributed by atoms with Crippen LogP contribution in [0.25, 0.3) is 0 Å². The van der Waals surface area contributed by atoms with Gasteiger partial charge in [-0.2, -0.15) is 0 Å². The number of hydrogen-bond donors (Lipinski definition) is 1. The molecule has 2 heterocycles. The minimum atomic E-state index is 0.264. The lowest BCUT2D eigenvalue weighted by atomic mass is 9.94. The summed E-state index contributed by atoms with van der Waals surface area (Å²) in [4.78, 5) is 6.96. The number of benzene rings is 1. The van der Waals surface area contributed by atoms with Crippen LogP contribution < -0.4 is 0 Å². The number of aromatic hydroxyl groups is 1. The zero-order valence-electron chi connectivity index (χ0n) is 13.2. The topological polar surface area (TPSA) is 41.3 Å². The van der Waals surface area contributed by atoms with Gasteiger partial charge < -0.3 is 9.67 Å².